The summed E-state index contributed by atoms with van der Waals surface area (Å²) in [5.41, 5.74) is 1.05. The number of carbonyl (C=O) groups excluding carboxylic acids is 1. The first-order valence-electron chi connectivity index (χ1n) is 7.76. The van der Waals surface area contributed by atoms with Gasteiger partial charge in [0.2, 0.25) is 6.29 Å². The van der Waals surface area contributed by atoms with Crippen molar-refractivity contribution in [1.82, 2.24) is 0 Å². The summed E-state index contributed by atoms with van der Waals surface area (Å²) in [5, 5.41) is 0. The molecule has 1 aromatic rings. The molecule has 0 N–H and O–H groups in total. The minimum Gasteiger partial charge on any atom is -0.433 e. The predicted molar refractivity (Wildman–Crippen MR) is 90.7 cm³/mol. The van der Waals surface area contributed by atoms with Crippen LogP contribution in [0.25, 0.3) is 0 Å². The van der Waals surface area contributed by atoms with Crippen molar-refractivity contribution in [2.75, 3.05) is 6.61 Å². The largest absolute Gasteiger partial charge is 0.433 e. The second-order valence-corrected chi connectivity index (χ2v) is 5.26. The summed E-state index contributed by atoms with van der Waals surface area (Å²) >= 11 is 0. The van der Waals surface area contributed by atoms with E-state index in [1.54, 1.807) is 6.08 Å². The first kappa shape index (κ1) is 19.1. The van der Waals surface area contributed by atoms with Crippen LogP contribution in [0, 0.1) is 5.92 Å². The molecule has 1 rings (SSSR count). The Bertz CT molecular complexity index is 495. The van der Waals surface area contributed by atoms with Crippen LogP contribution in [-0.2, 0) is 25.6 Å². The highest BCUT2D eigenvalue weighted by molar-refractivity contribution is 5.66. The van der Waals surface area contributed by atoms with E-state index in [-0.39, 0.29) is 18.6 Å². The monoisotopic (exact) mass is 318 g/mol. The summed E-state index contributed by atoms with van der Waals surface area (Å²) in [6.07, 6.45) is 4.66. The van der Waals surface area contributed by atoms with E-state index in [0.29, 0.717) is 6.61 Å². The molecule has 3 atom stereocenters. The predicted octanol–water partition coefficient (Wildman–Crippen LogP) is 3.88. The molecule has 0 saturated heterocycles. The Balaban J connectivity index is 2.60. The normalized spacial score (nSPS) is 15.1. The van der Waals surface area contributed by atoms with Crippen molar-refractivity contribution >= 4 is 5.97 Å². The van der Waals surface area contributed by atoms with E-state index >= 15 is 0 Å². The highest BCUT2D eigenvalue weighted by atomic mass is 16.7. The number of hydrogen-bond donors (Lipinski definition) is 0. The van der Waals surface area contributed by atoms with Gasteiger partial charge in [0, 0.05) is 12.8 Å². The molecule has 1 unspecified atom stereocenters. The standard InChI is InChI=1S/C19H26O4/c1-5-10-18(15(3)6-2)23-19(22-16(4)20)14-21-13-17-11-8-7-9-12-17/h5-12,15,18-19H,2,13-14H2,1,3-4H3/b10-5+/t15-,18-,19?/m1/s1. The van der Waals surface area contributed by atoms with Gasteiger partial charge in [-0.25, -0.2) is 0 Å². The zero-order valence-corrected chi connectivity index (χ0v) is 14.1. The van der Waals surface area contributed by atoms with E-state index in [0.717, 1.165) is 5.56 Å². The average Bonchev–Trinajstić information content (AvgIpc) is 2.54. The zero-order valence-electron chi connectivity index (χ0n) is 14.1. The van der Waals surface area contributed by atoms with Crippen molar-refractivity contribution in [2.45, 2.75) is 39.8 Å². The number of ether oxygens (including phenoxy) is 3. The van der Waals surface area contributed by atoms with Crippen LogP contribution in [0.3, 0.4) is 0 Å². The zero-order chi connectivity index (χ0) is 17.1. The molecule has 0 saturated carbocycles. The molecule has 23 heavy (non-hydrogen) atoms. The van der Waals surface area contributed by atoms with Gasteiger partial charge in [0.15, 0.2) is 0 Å². The molecule has 4 nitrogen and oxygen atoms in total. The van der Waals surface area contributed by atoms with Crippen LogP contribution in [0.1, 0.15) is 26.3 Å². The van der Waals surface area contributed by atoms with Gasteiger partial charge >= 0.3 is 5.97 Å². The first-order chi connectivity index (χ1) is 11.1. The lowest BCUT2D eigenvalue weighted by atomic mass is 10.0. The summed E-state index contributed by atoms with van der Waals surface area (Å²) in [6.45, 7) is 9.66. The second-order valence-electron chi connectivity index (χ2n) is 5.26. The summed E-state index contributed by atoms with van der Waals surface area (Å²) in [6, 6.07) is 9.81. The quantitative estimate of drug-likeness (QED) is 0.373. The van der Waals surface area contributed by atoms with Crippen LogP contribution in [-0.4, -0.2) is 25.0 Å². The molecule has 0 aliphatic carbocycles. The summed E-state index contributed by atoms with van der Waals surface area (Å²) in [7, 11) is 0. The van der Waals surface area contributed by atoms with Gasteiger partial charge in [-0.15, -0.1) is 6.58 Å². The number of allylic oxidation sites excluding steroid dienone is 1. The molecule has 0 aliphatic heterocycles. The van der Waals surface area contributed by atoms with Gasteiger partial charge in [-0.2, -0.15) is 0 Å². The summed E-state index contributed by atoms with van der Waals surface area (Å²) < 4.78 is 16.7. The van der Waals surface area contributed by atoms with Crippen molar-refractivity contribution in [3.8, 4) is 0 Å². The molecular weight excluding hydrogens is 292 g/mol. The SMILES string of the molecule is C=C[C@@H](C)[C@@H](/C=C/C)OC(COCc1ccccc1)OC(C)=O. The van der Waals surface area contributed by atoms with E-state index in [1.807, 2.05) is 56.3 Å². The van der Waals surface area contributed by atoms with Crippen LogP contribution < -0.4 is 0 Å². The van der Waals surface area contributed by atoms with Crippen LogP contribution in [0.15, 0.2) is 55.1 Å². The molecule has 0 aliphatic rings. The molecule has 0 amide bonds. The van der Waals surface area contributed by atoms with Gasteiger partial charge in [-0.1, -0.05) is 55.5 Å². The molecule has 1 aromatic carbocycles. The van der Waals surface area contributed by atoms with E-state index < -0.39 is 12.3 Å². The number of rotatable bonds is 10. The molecule has 0 heterocycles. The van der Waals surface area contributed by atoms with Crippen LogP contribution >= 0.6 is 0 Å². The van der Waals surface area contributed by atoms with E-state index in [2.05, 4.69) is 6.58 Å². The van der Waals surface area contributed by atoms with Gasteiger partial charge in [-0.05, 0) is 12.5 Å². The number of carbonyl (C=O) groups is 1. The lowest BCUT2D eigenvalue weighted by Crippen LogP contribution is -2.32. The highest BCUT2D eigenvalue weighted by Crippen LogP contribution is 2.14. The fraction of sp³-hybridized carbons (Fsp3) is 0.421. The fourth-order valence-corrected chi connectivity index (χ4v) is 1.98. The Morgan fingerprint density at radius 3 is 2.57 bits per heavy atom. The lowest BCUT2D eigenvalue weighted by molar-refractivity contribution is -0.200. The van der Waals surface area contributed by atoms with E-state index in [1.165, 1.54) is 6.92 Å². The Morgan fingerprint density at radius 1 is 1.30 bits per heavy atom. The molecule has 0 radical (unpaired) electrons. The molecule has 4 heteroatoms. The fourth-order valence-electron chi connectivity index (χ4n) is 1.98. The van der Waals surface area contributed by atoms with Crippen molar-refractivity contribution in [1.29, 1.82) is 0 Å². The maximum atomic E-state index is 11.3. The van der Waals surface area contributed by atoms with Crippen LogP contribution in [0.2, 0.25) is 0 Å². The van der Waals surface area contributed by atoms with Crippen molar-refractivity contribution in [3.63, 3.8) is 0 Å². The van der Waals surface area contributed by atoms with Gasteiger partial charge in [0.25, 0.3) is 0 Å². The van der Waals surface area contributed by atoms with Gasteiger partial charge in [0.1, 0.15) is 6.61 Å². The van der Waals surface area contributed by atoms with Crippen molar-refractivity contribution in [2.24, 2.45) is 5.92 Å². The molecule has 0 spiro atoms. The topological polar surface area (TPSA) is 44.8 Å². The highest BCUT2D eigenvalue weighted by Gasteiger charge is 2.21. The average molecular weight is 318 g/mol. The number of hydrogen-bond acceptors (Lipinski definition) is 4. The van der Waals surface area contributed by atoms with Crippen LogP contribution in [0.4, 0.5) is 0 Å². The number of benzene rings is 1. The van der Waals surface area contributed by atoms with Gasteiger partial charge < -0.3 is 14.2 Å². The van der Waals surface area contributed by atoms with Gasteiger partial charge in [0.05, 0.1) is 12.7 Å². The summed E-state index contributed by atoms with van der Waals surface area (Å²) in [5.74, 6) is -0.304. The Kier molecular flexibility index (Phi) is 8.95. The molecule has 126 valence electrons. The minimum absolute atomic E-state index is 0.0957. The minimum atomic E-state index is -0.750. The first-order valence-corrected chi connectivity index (χ1v) is 7.76. The third-order valence-electron chi connectivity index (χ3n) is 3.24. The Hall–Kier alpha value is -1.91. The van der Waals surface area contributed by atoms with Gasteiger partial charge in [-0.3, -0.25) is 4.79 Å². The van der Waals surface area contributed by atoms with Crippen molar-refractivity contribution in [3.05, 3.63) is 60.7 Å². The third kappa shape index (κ3) is 7.77. The Labute approximate surface area is 138 Å². The Morgan fingerprint density at radius 2 is 2.00 bits per heavy atom. The van der Waals surface area contributed by atoms with Crippen LogP contribution in [0.5, 0.6) is 0 Å². The van der Waals surface area contributed by atoms with Crippen molar-refractivity contribution < 1.29 is 19.0 Å². The lowest BCUT2D eigenvalue weighted by Gasteiger charge is -2.25. The molecule has 0 aromatic heterocycles. The third-order valence-corrected chi connectivity index (χ3v) is 3.24. The molecule has 0 fully saturated rings. The maximum absolute atomic E-state index is 11.3. The second kappa shape index (κ2) is 10.8. The smallest absolute Gasteiger partial charge is 0.305 e. The molecular formula is C19H26O4. The summed E-state index contributed by atoms with van der Waals surface area (Å²) in [4.78, 5) is 11.3. The molecule has 0 bridgehead atoms. The maximum Gasteiger partial charge on any atom is 0.305 e. The van der Waals surface area contributed by atoms with E-state index in [9.17, 15) is 4.79 Å². The number of esters is 1. The van der Waals surface area contributed by atoms with E-state index in [4.69, 9.17) is 14.2 Å².